The fraction of sp³-hybridized carbons (Fsp3) is 0.263. The van der Waals surface area contributed by atoms with Gasteiger partial charge in [0.1, 0.15) is 5.66 Å². The van der Waals surface area contributed by atoms with Crippen molar-refractivity contribution in [1.29, 1.82) is 0 Å². The van der Waals surface area contributed by atoms with E-state index in [0.717, 1.165) is 18.5 Å². The smallest absolute Gasteiger partial charge is 0.196 e. The van der Waals surface area contributed by atoms with Gasteiger partial charge in [-0.25, -0.2) is 0 Å². The molecule has 0 bridgehead atoms. The Morgan fingerprint density at radius 3 is 2.44 bits per heavy atom. The number of carbonyl (C=O) groups excluding carboxylic acids is 2. The first-order valence-electron chi connectivity index (χ1n) is 8.39. The van der Waals surface area contributed by atoms with E-state index in [9.17, 15) is 9.59 Å². The first-order valence-corrected chi connectivity index (χ1v) is 8.39. The van der Waals surface area contributed by atoms with Crippen molar-refractivity contribution in [1.82, 2.24) is 0 Å². The number of hydrogen-bond donors (Lipinski definition) is 3. The molecule has 0 aromatic heterocycles. The molecule has 5 rings (SSSR count). The number of nitrogen functional groups attached to an aromatic ring is 1. The molecule has 4 N–H and O–H groups in total. The van der Waals surface area contributed by atoms with Crippen molar-refractivity contribution in [2.45, 2.75) is 18.5 Å². The minimum Gasteiger partial charge on any atom is -0.398 e. The fourth-order valence-corrected chi connectivity index (χ4v) is 4.04. The number of benzene rings is 2. The summed E-state index contributed by atoms with van der Waals surface area (Å²) in [5, 5.41) is 6.97. The van der Waals surface area contributed by atoms with E-state index in [4.69, 9.17) is 10.5 Å². The molecular formula is C19H17N3O3. The number of nitrogens with one attached hydrogen (secondary N) is 2. The summed E-state index contributed by atoms with van der Waals surface area (Å²) in [6.45, 7) is 1.31. The summed E-state index contributed by atoms with van der Waals surface area (Å²) in [6, 6.07) is 8.61. The van der Waals surface area contributed by atoms with E-state index in [2.05, 4.69) is 10.6 Å². The van der Waals surface area contributed by atoms with Crippen LogP contribution in [0.5, 0.6) is 0 Å². The van der Waals surface area contributed by atoms with Gasteiger partial charge in [0.05, 0.1) is 35.7 Å². The average Bonchev–Trinajstić information content (AvgIpc) is 2.96. The summed E-state index contributed by atoms with van der Waals surface area (Å²) < 4.78 is 5.45. The van der Waals surface area contributed by atoms with E-state index in [1.807, 2.05) is 6.07 Å². The largest absolute Gasteiger partial charge is 0.398 e. The summed E-state index contributed by atoms with van der Waals surface area (Å²) in [6.07, 6.45) is 1.59. The van der Waals surface area contributed by atoms with E-state index < -0.39 is 0 Å². The summed E-state index contributed by atoms with van der Waals surface area (Å²) >= 11 is 0. The molecule has 0 atom stereocenters. The Hall–Kier alpha value is -2.86. The predicted octanol–water partition coefficient (Wildman–Crippen LogP) is 2.39. The van der Waals surface area contributed by atoms with Gasteiger partial charge < -0.3 is 21.1 Å². The maximum atomic E-state index is 13.1. The lowest BCUT2D eigenvalue weighted by Gasteiger charge is -2.34. The highest BCUT2D eigenvalue weighted by Gasteiger charge is 2.42. The molecule has 6 nitrogen and oxygen atoms in total. The Morgan fingerprint density at radius 1 is 0.920 bits per heavy atom. The van der Waals surface area contributed by atoms with Crippen LogP contribution in [0.15, 0.2) is 30.3 Å². The molecule has 1 fully saturated rings. The van der Waals surface area contributed by atoms with Gasteiger partial charge in [-0.15, -0.1) is 0 Å². The first-order chi connectivity index (χ1) is 12.1. The second-order valence-electron chi connectivity index (χ2n) is 6.78. The van der Waals surface area contributed by atoms with E-state index in [0.29, 0.717) is 46.8 Å². The number of anilines is 3. The summed E-state index contributed by atoms with van der Waals surface area (Å²) in [5.74, 6) is -0.354. The number of hydrogen-bond acceptors (Lipinski definition) is 6. The van der Waals surface area contributed by atoms with Crippen molar-refractivity contribution in [2.24, 2.45) is 0 Å². The van der Waals surface area contributed by atoms with Crippen molar-refractivity contribution in [2.75, 3.05) is 29.6 Å². The maximum Gasteiger partial charge on any atom is 0.196 e. The lowest BCUT2D eigenvalue weighted by Crippen LogP contribution is -2.46. The van der Waals surface area contributed by atoms with Gasteiger partial charge in [0.15, 0.2) is 11.6 Å². The molecule has 0 unspecified atom stereocenters. The van der Waals surface area contributed by atoms with Gasteiger partial charge in [-0.3, -0.25) is 9.59 Å². The molecule has 2 aliphatic heterocycles. The van der Waals surface area contributed by atoms with Gasteiger partial charge in [-0.1, -0.05) is 12.1 Å². The average molecular weight is 335 g/mol. The molecule has 1 aliphatic carbocycles. The van der Waals surface area contributed by atoms with Crippen LogP contribution >= 0.6 is 0 Å². The van der Waals surface area contributed by atoms with Crippen LogP contribution in [0, 0.1) is 0 Å². The molecule has 1 saturated heterocycles. The Labute approximate surface area is 144 Å². The van der Waals surface area contributed by atoms with Crippen LogP contribution in [0.2, 0.25) is 0 Å². The highest BCUT2D eigenvalue weighted by molar-refractivity contribution is 6.32. The van der Waals surface area contributed by atoms with Crippen molar-refractivity contribution < 1.29 is 14.3 Å². The summed E-state index contributed by atoms with van der Waals surface area (Å²) in [5.41, 5.74) is 9.10. The molecule has 126 valence electrons. The number of carbonyl (C=O) groups is 2. The van der Waals surface area contributed by atoms with Gasteiger partial charge in [-0.05, 0) is 18.2 Å². The molecule has 2 heterocycles. The molecule has 3 aliphatic rings. The highest BCUT2D eigenvalue weighted by atomic mass is 16.5. The Morgan fingerprint density at radius 2 is 1.64 bits per heavy atom. The first kappa shape index (κ1) is 14.5. The Kier molecular flexibility index (Phi) is 2.80. The SMILES string of the molecule is Nc1cccc2c1C(=O)c1ccc3c(c1C2=O)NC1(CCOCC1)N3. The van der Waals surface area contributed by atoms with E-state index in [-0.39, 0.29) is 17.2 Å². The fourth-order valence-electron chi connectivity index (χ4n) is 4.04. The second-order valence-corrected chi connectivity index (χ2v) is 6.78. The number of ether oxygens (including phenoxy) is 1. The van der Waals surface area contributed by atoms with Crippen molar-refractivity contribution in [3.63, 3.8) is 0 Å². The van der Waals surface area contributed by atoms with Crippen LogP contribution in [0.4, 0.5) is 17.1 Å². The molecule has 25 heavy (non-hydrogen) atoms. The number of nitrogens with two attached hydrogens (primary N) is 1. The van der Waals surface area contributed by atoms with Crippen molar-refractivity contribution in [3.8, 4) is 0 Å². The van der Waals surface area contributed by atoms with Crippen LogP contribution in [0.3, 0.4) is 0 Å². The minimum absolute atomic E-state index is 0.160. The molecule has 0 saturated carbocycles. The zero-order valence-corrected chi connectivity index (χ0v) is 13.5. The van der Waals surface area contributed by atoms with Gasteiger partial charge in [0.25, 0.3) is 0 Å². The van der Waals surface area contributed by atoms with Gasteiger partial charge in [-0.2, -0.15) is 0 Å². The monoisotopic (exact) mass is 335 g/mol. The van der Waals surface area contributed by atoms with Gasteiger partial charge >= 0.3 is 0 Å². The standard InChI is InChI=1S/C19H17N3O3/c20-12-3-1-2-10-14(12)17(23)11-4-5-13-16(15(11)18(10)24)22-19(21-13)6-8-25-9-7-19/h1-5,21-22H,6-9,20H2. The van der Waals surface area contributed by atoms with Crippen LogP contribution < -0.4 is 16.4 Å². The summed E-state index contributed by atoms with van der Waals surface area (Å²) in [7, 11) is 0. The molecule has 2 aromatic rings. The van der Waals surface area contributed by atoms with Gasteiger partial charge in [0, 0.05) is 29.7 Å². The number of rotatable bonds is 0. The Bertz CT molecular complexity index is 945. The van der Waals surface area contributed by atoms with Crippen LogP contribution in [-0.2, 0) is 4.74 Å². The van der Waals surface area contributed by atoms with Crippen molar-refractivity contribution >= 4 is 28.6 Å². The molecule has 2 aromatic carbocycles. The third kappa shape index (κ3) is 1.88. The van der Waals surface area contributed by atoms with Crippen LogP contribution in [-0.4, -0.2) is 30.4 Å². The second kappa shape index (κ2) is 4.83. The van der Waals surface area contributed by atoms with E-state index >= 15 is 0 Å². The molecule has 0 radical (unpaired) electrons. The predicted molar refractivity (Wildman–Crippen MR) is 94.2 cm³/mol. The normalized spacial score (nSPS) is 19.7. The lowest BCUT2D eigenvalue weighted by atomic mass is 9.82. The van der Waals surface area contributed by atoms with E-state index in [1.54, 1.807) is 24.3 Å². The van der Waals surface area contributed by atoms with Crippen molar-refractivity contribution in [3.05, 3.63) is 52.6 Å². The lowest BCUT2D eigenvalue weighted by molar-refractivity contribution is 0.0696. The number of fused-ring (bicyclic) bond motifs is 4. The topological polar surface area (TPSA) is 93.5 Å². The zero-order chi connectivity index (χ0) is 17.2. The third-order valence-electron chi connectivity index (χ3n) is 5.33. The quantitative estimate of drug-likeness (QED) is 0.546. The van der Waals surface area contributed by atoms with Crippen LogP contribution in [0.25, 0.3) is 0 Å². The zero-order valence-electron chi connectivity index (χ0n) is 13.5. The molecular weight excluding hydrogens is 318 g/mol. The minimum atomic E-state index is -0.310. The maximum absolute atomic E-state index is 13.1. The molecule has 6 heteroatoms. The number of ketones is 2. The third-order valence-corrected chi connectivity index (χ3v) is 5.33. The van der Waals surface area contributed by atoms with E-state index in [1.165, 1.54) is 0 Å². The summed E-state index contributed by atoms with van der Waals surface area (Å²) in [4.78, 5) is 26.1. The Balaban J connectivity index is 1.68. The van der Waals surface area contributed by atoms with Crippen LogP contribution in [0.1, 0.15) is 44.7 Å². The highest BCUT2D eigenvalue weighted by Crippen LogP contribution is 2.45. The van der Waals surface area contributed by atoms with Gasteiger partial charge in [0.2, 0.25) is 0 Å². The molecule has 0 amide bonds. The molecule has 1 spiro atoms.